The van der Waals surface area contributed by atoms with Crippen LogP contribution in [0.2, 0.25) is 0 Å². The highest BCUT2D eigenvalue weighted by Gasteiger charge is 2.54. The molecule has 10 nitrogen and oxygen atoms in total. The number of carbonyl (C=O) groups excluding carboxylic acids is 3. The third kappa shape index (κ3) is 4.23. The molecule has 0 radical (unpaired) electrons. The van der Waals surface area contributed by atoms with Crippen LogP contribution in [0, 0.1) is 11.6 Å². The zero-order valence-corrected chi connectivity index (χ0v) is 21.0. The molecule has 0 unspecified atom stereocenters. The van der Waals surface area contributed by atoms with Crippen LogP contribution >= 0.6 is 0 Å². The molecular weight excluding hydrogens is 502 g/mol. The van der Waals surface area contributed by atoms with Crippen molar-refractivity contribution in [3.63, 3.8) is 0 Å². The summed E-state index contributed by atoms with van der Waals surface area (Å²) in [6.45, 7) is 4.72. The number of hydrogen-bond donors (Lipinski definition) is 1. The average molecular weight is 529 g/mol. The van der Waals surface area contributed by atoms with E-state index < -0.39 is 57.8 Å². The first-order valence-corrected chi connectivity index (χ1v) is 12.2. The Morgan fingerprint density at radius 3 is 2.71 bits per heavy atom. The van der Waals surface area contributed by atoms with Crippen LogP contribution in [-0.2, 0) is 16.2 Å². The first-order valence-electron chi connectivity index (χ1n) is 12.2. The number of amides is 2. The number of ether oxygens (including phenoxy) is 1. The molecule has 2 bridgehead atoms. The fraction of sp³-hybridized carbons (Fsp3) is 0.423. The molecule has 5 rings (SSSR count). The smallest absolute Gasteiger partial charge is 0.308 e. The molecule has 2 aromatic rings. The average Bonchev–Trinajstić information content (AvgIpc) is 3.19. The Kier molecular flexibility index (Phi) is 6.28. The van der Waals surface area contributed by atoms with Crippen LogP contribution in [0.1, 0.15) is 72.5 Å². The minimum absolute atomic E-state index is 0.00697. The van der Waals surface area contributed by atoms with Crippen molar-refractivity contribution in [1.29, 1.82) is 0 Å². The lowest BCUT2D eigenvalue weighted by atomic mass is 9.84. The predicted octanol–water partition coefficient (Wildman–Crippen LogP) is 2.70. The van der Waals surface area contributed by atoms with Crippen LogP contribution in [0.4, 0.5) is 8.78 Å². The highest BCUT2D eigenvalue weighted by molar-refractivity contribution is 6.00. The van der Waals surface area contributed by atoms with Gasteiger partial charge in [-0.05, 0) is 32.8 Å². The Morgan fingerprint density at radius 2 is 2.05 bits per heavy atom. The van der Waals surface area contributed by atoms with Gasteiger partial charge in [0.1, 0.15) is 17.2 Å². The van der Waals surface area contributed by atoms with E-state index in [9.17, 15) is 28.0 Å². The number of hydrogen-bond acceptors (Lipinski definition) is 7. The number of fused-ring (bicyclic) bond motifs is 5. The molecule has 3 atom stereocenters. The van der Waals surface area contributed by atoms with Gasteiger partial charge < -0.3 is 24.4 Å². The van der Waals surface area contributed by atoms with Crippen molar-refractivity contribution in [2.24, 2.45) is 5.16 Å². The van der Waals surface area contributed by atoms with E-state index in [2.05, 4.69) is 10.5 Å². The highest BCUT2D eigenvalue weighted by Crippen LogP contribution is 2.46. The number of rotatable bonds is 4. The standard InChI is InChI=1S/C26H26F2N4O6/c1-13-9-26(38-30-13)7-6-14(2)31-12-20(26)32-11-18(22(34)23(37-15(3)33)21(32)25(31)36)24(35)29-10-16-4-5-17(27)8-19(16)28/h4-5,8,11,14,20H,6-7,9-10,12H2,1-3H3,(H,29,35)/t14-,20+,26-/m0/s1. The monoisotopic (exact) mass is 528 g/mol. The van der Waals surface area contributed by atoms with E-state index in [1.54, 1.807) is 4.90 Å². The largest absolute Gasteiger partial charge is 0.420 e. The molecule has 1 fully saturated rings. The summed E-state index contributed by atoms with van der Waals surface area (Å²) in [5.74, 6) is -4.41. The number of carbonyl (C=O) groups is 3. The van der Waals surface area contributed by atoms with Crippen molar-refractivity contribution < 1.29 is 32.7 Å². The maximum atomic E-state index is 14.1. The second kappa shape index (κ2) is 9.34. The third-order valence-electron chi connectivity index (χ3n) is 7.37. The molecule has 1 N–H and O–H groups in total. The summed E-state index contributed by atoms with van der Waals surface area (Å²) in [4.78, 5) is 59.8. The molecule has 3 aliphatic heterocycles. The van der Waals surface area contributed by atoms with Gasteiger partial charge in [0.2, 0.25) is 11.2 Å². The number of pyridine rings is 1. The zero-order valence-electron chi connectivity index (χ0n) is 21.0. The molecule has 0 saturated carbocycles. The summed E-state index contributed by atoms with van der Waals surface area (Å²) >= 11 is 0. The third-order valence-corrected chi connectivity index (χ3v) is 7.37. The summed E-state index contributed by atoms with van der Waals surface area (Å²) in [7, 11) is 0. The number of nitrogens with zero attached hydrogens (tertiary/aromatic N) is 3. The van der Waals surface area contributed by atoms with Gasteiger partial charge in [-0.15, -0.1) is 0 Å². The number of halogens is 2. The van der Waals surface area contributed by atoms with Gasteiger partial charge >= 0.3 is 5.97 Å². The summed E-state index contributed by atoms with van der Waals surface area (Å²) in [5.41, 5.74) is -1.58. The van der Waals surface area contributed by atoms with Crippen molar-refractivity contribution in [1.82, 2.24) is 14.8 Å². The van der Waals surface area contributed by atoms with Crippen molar-refractivity contribution in [3.05, 3.63) is 63.1 Å². The van der Waals surface area contributed by atoms with Crippen LogP contribution in [-0.4, -0.2) is 51.2 Å². The van der Waals surface area contributed by atoms with Crippen LogP contribution < -0.4 is 15.5 Å². The Balaban J connectivity index is 1.62. The molecule has 1 spiro atoms. The lowest BCUT2D eigenvalue weighted by Crippen LogP contribution is -2.52. The maximum Gasteiger partial charge on any atom is 0.308 e. The van der Waals surface area contributed by atoms with Gasteiger partial charge in [-0.1, -0.05) is 11.2 Å². The van der Waals surface area contributed by atoms with Gasteiger partial charge in [0.15, 0.2) is 11.3 Å². The molecule has 1 aromatic heterocycles. The Bertz CT molecular complexity index is 1450. The molecule has 2 amide bonds. The summed E-state index contributed by atoms with van der Waals surface area (Å²) in [5, 5.41) is 6.61. The van der Waals surface area contributed by atoms with Crippen molar-refractivity contribution in [2.75, 3.05) is 6.54 Å². The SMILES string of the molecule is CC(=O)Oc1c2n(cc(C(=O)NCc3ccc(F)cc3F)c1=O)[C@@H]1CN(C2=O)[C@@H](C)CC[C@]12CC(C)=NO2. The molecule has 1 aromatic carbocycles. The summed E-state index contributed by atoms with van der Waals surface area (Å²) in [6.07, 6.45) is 2.91. The van der Waals surface area contributed by atoms with Crippen molar-refractivity contribution in [2.45, 2.75) is 64.3 Å². The fourth-order valence-electron chi connectivity index (χ4n) is 5.45. The second-order valence-electron chi connectivity index (χ2n) is 9.99. The molecule has 200 valence electrons. The Hall–Kier alpha value is -4.09. The topological polar surface area (TPSA) is 119 Å². The normalized spacial score (nSPS) is 23.9. The molecule has 3 aliphatic rings. The van der Waals surface area contributed by atoms with Gasteiger partial charge in [0.05, 0.1) is 11.8 Å². The lowest BCUT2D eigenvalue weighted by Gasteiger charge is -2.42. The Morgan fingerprint density at radius 1 is 1.29 bits per heavy atom. The first kappa shape index (κ1) is 25.6. The van der Waals surface area contributed by atoms with Crippen molar-refractivity contribution in [3.8, 4) is 5.75 Å². The zero-order chi connectivity index (χ0) is 27.4. The summed E-state index contributed by atoms with van der Waals surface area (Å²) < 4.78 is 34.1. The van der Waals surface area contributed by atoms with Gasteiger partial charge in [-0.25, -0.2) is 8.78 Å². The van der Waals surface area contributed by atoms with Crippen LogP contribution in [0.15, 0.2) is 34.3 Å². The molecular formula is C26H26F2N4O6. The summed E-state index contributed by atoms with van der Waals surface area (Å²) in [6, 6.07) is 2.18. The lowest BCUT2D eigenvalue weighted by molar-refractivity contribution is -0.132. The van der Waals surface area contributed by atoms with E-state index >= 15 is 0 Å². The highest BCUT2D eigenvalue weighted by atomic mass is 19.1. The van der Waals surface area contributed by atoms with E-state index in [1.165, 1.54) is 16.8 Å². The van der Waals surface area contributed by atoms with Crippen LogP contribution in [0.3, 0.4) is 0 Å². The molecule has 1 saturated heterocycles. The minimum atomic E-state index is -0.960. The molecule has 0 aliphatic carbocycles. The maximum absolute atomic E-state index is 14.1. The van der Waals surface area contributed by atoms with Crippen LogP contribution in [0.5, 0.6) is 5.75 Å². The van der Waals surface area contributed by atoms with E-state index in [4.69, 9.17) is 9.57 Å². The number of oxime groups is 1. The van der Waals surface area contributed by atoms with Crippen LogP contribution in [0.25, 0.3) is 0 Å². The fourth-order valence-corrected chi connectivity index (χ4v) is 5.45. The molecule has 38 heavy (non-hydrogen) atoms. The predicted molar refractivity (Wildman–Crippen MR) is 130 cm³/mol. The van der Waals surface area contributed by atoms with Gasteiger partial charge in [-0.3, -0.25) is 19.2 Å². The van der Waals surface area contributed by atoms with E-state index in [0.29, 0.717) is 25.3 Å². The molecule has 4 heterocycles. The Labute approximate surface area is 216 Å². The minimum Gasteiger partial charge on any atom is -0.420 e. The van der Waals surface area contributed by atoms with Gasteiger partial charge in [0.25, 0.3) is 11.8 Å². The van der Waals surface area contributed by atoms with E-state index in [-0.39, 0.29) is 30.4 Å². The number of nitrogens with one attached hydrogen (secondary N) is 1. The first-order chi connectivity index (χ1) is 18.0. The van der Waals surface area contributed by atoms with Gasteiger partial charge in [0, 0.05) is 50.3 Å². The van der Waals surface area contributed by atoms with Gasteiger partial charge in [-0.2, -0.15) is 0 Å². The number of esters is 1. The second-order valence-corrected chi connectivity index (χ2v) is 9.99. The number of benzene rings is 1. The molecule has 12 heteroatoms. The van der Waals surface area contributed by atoms with E-state index in [0.717, 1.165) is 18.7 Å². The number of aromatic nitrogens is 1. The van der Waals surface area contributed by atoms with Crippen molar-refractivity contribution >= 4 is 23.5 Å². The van der Waals surface area contributed by atoms with E-state index in [1.807, 2.05) is 13.8 Å². The quantitative estimate of drug-likeness (QED) is 0.610.